The maximum absolute atomic E-state index is 13.0. The number of hydrogen-bond acceptors (Lipinski definition) is 5. The molecule has 3 aromatic rings. The van der Waals surface area contributed by atoms with Crippen molar-refractivity contribution in [3.05, 3.63) is 105 Å². The molecule has 0 spiro atoms. The van der Waals surface area contributed by atoms with Gasteiger partial charge in [0.1, 0.15) is 5.82 Å². The number of carbonyl (C=O) groups is 2. The Hall–Kier alpha value is -4.40. The fourth-order valence-electron chi connectivity index (χ4n) is 2.49. The Balaban J connectivity index is 1.64. The quantitative estimate of drug-likeness (QED) is 0.369. The lowest BCUT2D eigenvalue weighted by molar-refractivity contribution is -0.384. The van der Waals surface area contributed by atoms with Gasteiger partial charge in [0.2, 0.25) is 0 Å². The van der Waals surface area contributed by atoms with Gasteiger partial charge in [-0.1, -0.05) is 18.2 Å². The van der Waals surface area contributed by atoms with Gasteiger partial charge in [0.25, 0.3) is 17.5 Å². The van der Waals surface area contributed by atoms with Crippen molar-refractivity contribution < 1.29 is 18.9 Å². The minimum Gasteiger partial charge on any atom is -0.322 e. The van der Waals surface area contributed by atoms with Gasteiger partial charge in [-0.25, -0.2) is 9.82 Å². The summed E-state index contributed by atoms with van der Waals surface area (Å²) < 4.78 is 13.0. The molecule has 3 aromatic carbocycles. The highest BCUT2D eigenvalue weighted by atomic mass is 19.1. The topological polar surface area (TPSA) is 114 Å². The van der Waals surface area contributed by atoms with Crippen LogP contribution in [0.15, 0.2) is 77.9 Å². The van der Waals surface area contributed by atoms with E-state index >= 15 is 0 Å². The van der Waals surface area contributed by atoms with Crippen LogP contribution in [-0.4, -0.2) is 23.0 Å². The zero-order chi connectivity index (χ0) is 21.5. The number of nitrogens with zero attached hydrogens (tertiary/aromatic N) is 2. The van der Waals surface area contributed by atoms with Gasteiger partial charge < -0.3 is 5.32 Å². The van der Waals surface area contributed by atoms with Crippen LogP contribution >= 0.6 is 0 Å². The first-order chi connectivity index (χ1) is 14.4. The second kappa shape index (κ2) is 9.20. The maximum Gasteiger partial charge on any atom is 0.271 e. The van der Waals surface area contributed by atoms with Crippen molar-refractivity contribution in [1.82, 2.24) is 5.43 Å². The normalized spacial score (nSPS) is 10.6. The first-order valence-electron chi connectivity index (χ1n) is 8.67. The smallest absolute Gasteiger partial charge is 0.271 e. The molecule has 0 atom stereocenters. The SMILES string of the molecule is O=C(NN=Cc1cccc([N+](=O)[O-])c1)c1cccc(NC(=O)c2ccc(F)cc2)c1. The molecule has 2 amide bonds. The van der Waals surface area contributed by atoms with E-state index in [4.69, 9.17) is 0 Å². The van der Waals surface area contributed by atoms with Crippen LogP contribution in [0.1, 0.15) is 26.3 Å². The van der Waals surface area contributed by atoms with Crippen LogP contribution in [0.25, 0.3) is 0 Å². The summed E-state index contributed by atoms with van der Waals surface area (Å²) in [6.45, 7) is 0. The number of nitrogens with one attached hydrogen (secondary N) is 2. The first kappa shape index (κ1) is 20.3. The summed E-state index contributed by atoms with van der Waals surface area (Å²) in [7, 11) is 0. The standard InChI is InChI=1S/C21H15FN4O4/c22-17-9-7-15(8-10-17)20(27)24-18-5-2-4-16(12-18)21(28)25-23-13-14-3-1-6-19(11-14)26(29)30/h1-13H,(H,24,27)(H,25,28). The number of nitro benzene ring substituents is 1. The molecular formula is C21H15FN4O4. The van der Waals surface area contributed by atoms with E-state index < -0.39 is 22.6 Å². The third kappa shape index (κ3) is 5.32. The fraction of sp³-hybridized carbons (Fsp3) is 0. The van der Waals surface area contributed by atoms with Gasteiger partial charge in [-0.15, -0.1) is 0 Å². The third-order valence-electron chi connectivity index (χ3n) is 3.95. The van der Waals surface area contributed by atoms with Crippen LogP contribution in [0.2, 0.25) is 0 Å². The molecule has 0 fully saturated rings. The van der Waals surface area contributed by atoms with Crippen molar-refractivity contribution in [2.24, 2.45) is 5.10 Å². The molecule has 0 aliphatic rings. The van der Waals surface area contributed by atoms with E-state index in [1.807, 2.05) is 0 Å². The van der Waals surface area contributed by atoms with E-state index in [1.54, 1.807) is 18.2 Å². The monoisotopic (exact) mass is 406 g/mol. The molecular weight excluding hydrogens is 391 g/mol. The molecule has 0 aliphatic heterocycles. The summed E-state index contributed by atoms with van der Waals surface area (Å²) in [5.74, 6) is -1.43. The van der Waals surface area contributed by atoms with Gasteiger partial charge in [0, 0.05) is 34.5 Å². The van der Waals surface area contributed by atoms with Crippen LogP contribution < -0.4 is 10.7 Å². The predicted octanol–water partition coefficient (Wildman–Crippen LogP) is 3.75. The van der Waals surface area contributed by atoms with Crippen molar-refractivity contribution in [3.8, 4) is 0 Å². The van der Waals surface area contributed by atoms with E-state index in [-0.39, 0.29) is 16.8 Å². The Morgan fingerprint density at radius 3 is 2.40 bits per heavy atom. The summed E-state index contributed by atoms with van der Waals surface area (Å²) in [6, 6.07) is 17.0. The maximum atomic E-state index is 13.0. The second-order valence-electron chi connectivity index (χ2n) is 6.09. The molecule has 0 saturated heterocycles. The second-order valence-corrected chi connectivity index (χ2v) is 6.09. The lowest BCUT2D eigenvalue weighted by Gasteiger charge is -2.07. The number of hydrogen-bond donors (Lipinski definition) is 2. The molecule has 0 aromatic heterocycles. The van der Waals surface area contributed by atoms with E-state index in [2.05, 4.69) is 15.8 Å². The fourth-order valence-corrected chi connectivity index (χ4v) is 2.49. The van der Waals surface area contributed by atoms with Gasteiger partial charge in [-0.2, -0.15) is 5.10 Å². The molecule has 0 saturated carbocycles. The van der Waals surface area contributed by atoms with E-state index in [9.17, 15) is 24.1 Å². The lowest BCUT2D eigenvalue weighted by atomic mass is 10.1. The summed E-state index contributed by atoms with van der Waals surface area (Å²) in [5, 5.41) is 17.2. The summed E-state index contributed by atoms with van der Waals surface area (Å²) in [4.78, 5) is 34.7. The number of rotatable bonds is 6. The van der Waals surface area contributed by atoms with Crippen LogP contribution in [0.5, 0.6) is 0 Å². The number of benzene rings is 3. The van der Waals surface area contributed by atoms with E-state index in [0.717, 1.165) is 0 Å². The number of halogens is 1. The Labute approximate surface area is 170 Å². The minimum absolute atomic E-state index is 0.0881. The number of nitro groups is 1. The van der Waals surface area contributed by atoms with Gasteiger partial charge >= 0.3 is 0 Å². The zero-order valence-corrected chi connectivity index (χ0v) is 15.4. The van der Waals surface area contributed by atoms with Gasteiger partial charge in [0.15, 0.2) is 0 Å². The van der Waals surface area contributed by atoms with Crippen molar-refractivity contribution in [1.29, 1.82) is 0 Å². The van der Waals surface area contributed by atoms with Gasteiger partial charge in [-0.05, 0) is 42.5 Å². The average molecular weight is 406 g/mol. The Bertz CT molecular complexity index is 1130. The number of carbonyl (C=O) groups excluding carboxylic acids is 2. The summed E-state index contributed by atoms with van der Waals surface area (Å²) in [6.07, 6.45) is 1.28. The molecule has 3 rings (SSSR count). The van der Waals surface area contributed by atoms with Gasteiger partial charge in [0.05, 0.1) is 11.1 Å². The van der Waals surface area contributed by atoms with Crippen LogP contribution in [0, 0.1) is 15.9 Å². The Morgan fingerprint density at radius 2 is 1.67 bits per heavy atom. The highest BCUT2D eigenvalue weighted by molar-refractivity contribution is 6.05. The highest BCUT2D eigenvalue weighted by Crippen LogP contribution is 2.14. The molecule has 150 valence electrons. The summed E-state index contributed by atoms with van der Waals surface area (Å²) >= 11 is 0. The Morgan fingerprint density at radius 1 is 0.933 bits per heavy atom. The molecule has 2 N–H and O–H groups in total. The number of amides is 2. The van der Waals surface area contributed by atoms with Crippen LogP contribution in [0.4, 0.5) is 15.8 Å². The molecule has 9 heteroatoms. The minimum atomic E-state index is -0.533. The molecule has 8 nitrogen and oxygen atoms in total. The molecule has 30 heavy (non-hydrogen) atoms. The van der Waals surface area contributed by atoms with Gasteiger partial charge in [-0.3, -0.25) is 19.7 Å². The van der Waals surface area contributed by atoms with Crippen LogP contribution in [-0.2, 0) is 0 Å². The third-order valence-corrected chi connectivity index (χ3v) is 3.95. The predicted molar refractivity (Wildman–Crippen MR) is 109 cm³/mol. The largest absolute Gasteiger partial charge is 0.322 e. The highest BCUT2D eigenvalue weighted by Gasteiger charge is 2.09. The number of non-ortho nitro benzene ring substituents is 1. The summed E-state index contributed by atoms with van der Waals surface area (Å²) in [5.41, 5.74) is 3.57. The molecule has 0 unspecified atom stereocenters. The molecule has 0 bridgehead atoms. The Kier molecular flexibility index (Phi) is 6.23. The number of hydrazone groups is 1. The molecule has 0 radical (unpaired) electrons. The van der Waals surface area contributed by atoms with E-state index in [1.165, 1.54) is 60.8 Å². The van der Waals surface area contributed by atoms with Crippen molar-refractivity contribution in [2.45, 2.75) is 0 Å². The number of anilines is 1. The lowest BCUT2D eigenvalue weighted by Crippen LogP contribution is -2.18. The van der Waals surface area contributed by atoms with Crippen LogP contribution in [0.3, 0.4) is 0 Å². The molecule has 0 aliphatic carbocycles. The van der Waals surface area contributed by atoms with Crippen molar-refractivity contribution in [3.63, 3.8) is 0 Å². The first-order valence-corrected chi connectivity index (χ1v) is 8.67. The molecule has 0 heterocycles. The van der Waals surface area contributed by atoms with Crippen molar-refractivity contribution >= 4 is 29.4 Å². The average Bonchev–Trinajstić information content (AvgIpc) is 2.74. The van der Waals surface area contributed by atoms with Crippen molar-refractivity contribution in [2.75, 3.05) is 5.32 Å². The van der Waals surface area contributed by atoms with E-state index in [0.29, 0.717) is 11.3 Å². The zero-order valence-electron chi connectivity index (χ0n) is 15.4.